The molecule has 2 aromatic heterocycles. The van der Waals surface area contributed by atoms with Crippen LogP contribution in [0.15, 0.2) is 65.4 Å². The highest BCUT2D eigenvalue weighted by Crippen LogP contribution is 2.27. The first-order chi connectivity index (χ1) is 10.7. The fourth-order valence-electron chi connectivity index (χ4n) is 2.00. The third-order valence-corrected chi connectivity index (χ3v) is 4.82. The Morgan fingerprint density at radius 1 is 1.05 bits per heavy atom. The highest BCUT2D eigenvalue weighted by atomic mass is 79.9. The number of nitrogens with one attached hydrogen (secondary N) is 1. The van der Waals surface area contributed by atoms with E-state index in [4.69, 9.17) is 0 Å². The molecule has 0 bridgehead atoms. The summed E-state index contributed by atoms with van der Waals surface area (Å²) in [4.78, 5) is 18.0. The van der Waals surface area contributed by atoms with Crippen LogP contribution in [0.5, 0.6) is 0 Å². The topological polar surface area (TPSA) is 42.0 Å². The lowest BCUT2D eigenvalue weighted by atomic mass is 10.2. The Morgan fingerprint density at radius 3 is 2.50 bits per heavy atom. The van der Waals surface area contributed by atoms with Crippen LogP contribution in [0.25, 0.3) is 10.4 Å². The van der Waals surface area contributed by atoms with E-state index in [9.17, 15) is 4.79 Å². The van der Waals surface area contributed by atoms with E-state index >= 15 is 0 Å². The molecule has 0 unspecified atom stereocenters. The molecule has 0 saturated heterocycles. The van der Waals surface area contributed by atoms with Gasteiger partial charge in [0.15, 0.2) is 0 Å². The van der Waals surface area contributed by atoms with Crippen molar-refractivity contribution in [1.29, 1.82) is 0 Å². The summed E-state index contributed by atoms with van der Waals surface area (Å²) >= 11 is 4.88. The number of pyridine rings is 1. The molecule has 3 nitrogen and oxygen atoms in total. The molecule has 1 amide bonds. The van der Waals surface area contributed by atoms with Gasteiger partial charge in [-0.25, -0.2) is 0 Å². The lowest BCUT2D eigenvalue weighted by Crippen LogP contribution is -2.21. The number of amides is 1. The Balaban J connectivity index is 1.66. The lowest BCUT2D eigenvalue weighted by Gasteiger charge is -2.04. The van der Waals surface area contributed by atoms with Gasteiger partial charge in [0.1, 0.15) is 0 Å². The van der Waals surface area contributed by atoms with Gasteiger partial charge in [0.05, 0.1) is 4.88 Å². The van der Waals surface area contributed by atoms with Crippen molar-refractivity contribution in [2.75, 3.05) is 0 Å². The minimum absolute atomic E-state index is 0.0479. The number of thiophene rings is 1. The van der Waals surface area contributed by atoms with Gasteiger partial charge in [-0.05, 0) is 47.5 Å². The minimum atomic E-state index is -0.0479. The molecule has 0 aliphatic heterocycles. The number of aromatic nitrogens is 1. The molecule has 1 N–H and O–H groups in total. The summed E-state index contributed by atoms with van der Waals surface area (Å²) < 4.78 is 1.03. The molecule has 0 aliphatic carbocycles. The lowest BCUT2D eigenvalue weighted by molar-refractivity contribution is 0.0955. The monoisotopic (exact) mass is 372 g/mol. The van der Waals surface area contributed by atoms with E-state index in [2.05, 4.69) is 26.2 Å². The highest BCUT2D eigenvalue weighted by molar-refractivity contribution is 9.10. The zero-order valence-corrected chi connectivity index (χ0v) is 14.0. The molecule has 3 rings (SSSR count). The van der Waals surface area contributed by atoms with Crippen LogP contribution >= 0.6 is 27.3 Å². The smallest absolute Gasteiger partial charge is 0.261 e. The molecule has 0 fully saturated rings. The minimum Gasteiger partial charge on any atom is -0.347 e. The first-order valence-corrected chi connectivity index (χ1v) is 8.36. The number of hydrogen-bond acceptors (Lipinski definition) is 3. The molecule has 110 valence electrons. The third kappa shape index (κ3) is 3.61. The quantitative estimate of drug-likeness (QED) is 0.732. The SMILES string of the molecule is O=C(NCc1ccc(Br)cc1)c1ccc(-c2ccncc2)s1. The number of carbonyl (C=O) groups excluding carboxylic acids is 1. The summed E-state index contributed by atoms with van der Waals surface area (Å²) in [6.07, 6.45) is 3.50. The fourth-order valence-corrected chi connectivity index (χ4v) is 3.20. The Morgan fingerprint density at radius 2 is 1.77 bits per heavy atom. The number of benzene rings is 1. The van der Waals surface area contributed by atoms with Gasteiger partial charge in [-0.15, -0.1) is 11.3 Å². The Labute approximate surface area is 141 Å². The fraction of sp³-hybridized carbons (Fsp3) is 0.0588. The summed E-state index contributed by atoms with van der Waals surface area (Å²) in [6.45, 7) is 0.522. The number of hydrogen-bond donors (Lipinski definition) is 1. The van der Waals surface area contributed by atoms with Gasteiger partial charge in [-0.3, -0.25) is 9.78 Å². The summed E-state index contributed by atoms with van der Waals surface area (Å²) in [7, 11) is 0. The molecular formula is C17H13BrN2OS. The molecule has 0 spiro atoms. The van der Waals surface area contributed by atoms with E-state index in [0.717, 1.165) is 20.5 Å². The summed E-state index contributed by atoms with van der Waals surface area (Å²) in [5.41, 5.74) is 2.15. The van der Waals surface area contributed by atoms with E-state index in [1.54, 1.807) is 12.4 Å². The van der Waals surface area contributed by atoms with Crippen molar-refractivity contribution >= 4 is 33.2 Å². The van der Waals surface area contributed by atoms with Crippen molar-refractivity contribution in [1.82, 2.24) is 10.3 Å². The van der Waals surface area contributed by atoms with Crippen molar-refractivity contribution in [3.63, 3.8) is 0 Å². The number of carbonyl (C=O) groups is 1. The van der Waals surface area contributed by atoms with Crippen molar-refractivity contribution in [2.24, 2.45) is 0 Å². The van der Waals surface area contributed by atoms with Crippen LogP contribution in [0.3, 0.4) is 0 Å². The predicted molar refractivity (Wildman–Crippen MR) is 92.9 cm³/mol. The van der Waals surface area contributed by atoms with Crippen LogP contribution in [0.2, 0.25) is 0 Å². The molecule has 1 aromatic carbocycles. The molecule has 5 heteroatoms. The maximum absolute atomic E-state index is 12.2. The van der Waals surface area contributed by atoms with E-state index < -0.39 is 0 Å². The van der Waals surface area contributed by atoms with Crippen LogP contribution in [-0.2, 0) is 6.54 Å². The van der Waals surface area contributed by atoms with Crippen molar-refractivity contribution in [3.05, 3.63) is 75.8 Å². The van der Waals surface area contributed by atoms with Crippen molar-refractivity contribution < 1.29 is 4.79 Å². The predicted octanol–water partition coefficient (Wildman–Crippen LogP) is 4.50. The highest BCUT2D eigenvalue weighted by Gasteiger charge is 2.10. The van der Waals surface area contributed by atoms with Crippen LogP contribution in [0.1, 0.15) is 15.2 Å². The van der Waals surface area contributed by atoms with Gasteiger partial charge in [-0.2, -0.15) is 0 Å². The Kier molecular flexibility index (Phi) is 4.65. The van der Waals surface area contributed by atoms with E-state index in [1.165, 1.54) is 11.3 Å². The number of rotatable bonds is 4. The van der Waals surface area contributed by atoms with Crippen molar-refractivity contribution in [3.8, 4) is 10.4 Å². The average molecular weight is 373 g/mol. The maximum atomic E-state index is 12.2. The average Bonchev–Trinajstić information content (AvgIpc) is 3.05. The zero-order chi connectivity index (χ0) is 15.4. The third-order valence-electron chi connectivity index (χ3n) is 3.16. The van der Waals surface area contributed by atoms with Crippen LogP contribution in [-0.4, -0.2) is 10.9 Å². The van der Waals surface area contributed by atoms with Gasteiger partial charge >= 0.3 is 0 Å². The Bertz CT molecular complexity index is 769. The second-order valence-corrected chi connectivity index (χ2v) is 6.71. The maximum Gasteiger partial charge on any atom is 0.261 e. The van der Waals surface area contributed by atoms with Gasteiger partial charge in [-0.1, -0.05) is 28.1 Å². The first kappa shape index (κ1) is 14.9. The van der Waals surface area contributed by atoms with Crippen LogP contribution < -0.4 is 5.32 Å². The van der Waals surface area contributed by atoms with Crippen molar-refractivity contribution in [2.45, 2.75) is 6.54 Å². The van der Waals surface area contributed by atoms with Gasteiger partial charge < -0.3 is 5.32 Å². The second-order valence-electron chi connectivity index (χ2n) is 4.71. The Hall–Kier alpha value is -1.98. The molecule has 0 radical (unpaired) electrons. The van der Waals surface area contributed by atoms with Crippen LogP contribution in [0, 0.1) is 0 Å². The van der Waals surface area contributed by atoms with E-state index in [1.807, 2.05) is 48.5 Å². The largest absolute Gasteiger partial charge is 0.347 e. The molecule has 0 saturated carbocycles. The molecule has 0 aliphatic rings. The summed E-state index contributed by atoms with van der Waals surface area (Å²) in [6, 6.07) is 15.6. The molecule has 22 heavy (non-hydrogen) atoms. The number of nitrogens with zero attached hydrogens (tertiary/aromatic N) is 1. The normalized spacial score (nSPS) is 10.4. The number of halogens is 1. The standard InChI is InChI=1S/C17H13BrN2OS/c18-14-3-1-12(2-4-14)11-20-17(21)16-6-5-15(22-16)13-7-9-19-10-8-13/h1-10H,11H2,(H,20,21). The van der Waals surface area contributed by atoms with Gasteiger partial charge in [0.25, 0.3) is 5.91 Å². The van der Waals surface area contributed by atoms with E-state index in [0.29, 0.717) is 11.4 Å². The molecule has 3 aromatic rings. The van der Waals surface area contributed by atoms with Gasteiger partial charge in [0, 0.05) is 28.3 Å². The first-order valence-electron chi connectivity index (χ1n) is 6.75. The second kappa shape index (κ2) is 6.85. The summed E-state index contributed by atoms with van der Waals surface area (Å²) in [5, 5.41) is 2.94. The molecule has 2 heterocycles. The summed E-state index contributed by atoms with van der Waals surface area (Å²) in [5.74, 6) is -0.0479. The van der Waals surface area contributed by atoms with E-state index in [-0.39, 0.29) is 5.91 Å². The van der Waals surface area contributed by atoms with Gasteiger partial charge in [0.2, 0.25) is 0 Å². The van der Waals surface area contributed by atoms with Crippen LogP contribution in [0.4, 0.5) is 0 Å². The molecular weight excluding hydrogens is 360 g/mol. The molecule has 0 atom stereocenters. The zero-order valence-electron chi connectivity index (χ0n) is 11.6.